The molecule has 0 saturated heterocycles. The zero-order valence-corrected chi connectivity index (χ0v) is 38.6. The first-order valence-electron chi connectivity index (χ1n) is 25.0. The fraction of sp³-hybridized carbons (Fsp3) is 0.827. The van der Waals surface area contributed by atoms with E-state index in [2.05, 4.69) is 57.2 Å². The summed E-state index contributed by atoms with van der Waals surface area (Å²) >= 11 is 0. The summed E-state index contributed by atoms with van der Waals surface area (Å²) in [6.07, 6.45) is 54.1. The molecule has 0 rings (SSSR count). The molecule has 0 saturated carbocycles. The van der Waals surface area contributed by atoms with Crippen molar-refractivity contribution in [3.63, 3.8) is 0 Å². The zero-order valence-electron chi connectivity index (χ0n) is 38.6. The summed E-state index contributed by atoms with van der Waals surface area (Å²) in [4.78, 5) is 37.9. The van der Waals surface area contributed by atoms with Gasteiger partial charge in [-0.25, -0.2) is 0 Å². The monoisotopic (exact) mass is 815 g/mol. The Kier molecular flexibility index (Phi) is 45.4. The molecular weight excluding hydrogens is 721 g/mol. The highest BCUT2D eigenvalue weighted by Gasteiger charge is 2.19. The largest absolute Gasteiger partial charge is 0.462 e. The minimum atomic E-state index is -0.781. The van der Waals surface area contributed by atoms with Crippen LogP contribution in [0.2, 0.25) is 0 Å². The smallest absolute Gasteiger partial charge is 0.306 e. The molecule has 0 aliphatic rings. The first kappa shape index (κ1) is 55.6. The van der Waals surface area contributed by atoms with E-state index in [0.717, 1.165) is 77.0 Å². The fourth-order valence-corrected chi connectivity index (χ4v) is 7.16. The van der Waals surface area contributed by atoms with Gasteiger partial charge in [0, 0.05) is 19.3 Å². The maximum atomic E-state index is 12.8. The Morgan fingerprint density at radius 3 is 1.05 bits per heavy atom. The number of allylic oxidation sites excluding steroid dienone is 6. The van der Waals surface area contributed by atoms with Crippen LogP contribution in [0.3, 0.4) is 0 Å². The molecule has 0 amide bonds. The van der Waals surface area contributed by atoms with E-state index in [1.54, 1.807) is 0 Å². The van der Waals surface area contributed by atoms with Crippen molar-refractivity contribution < 1.29 is 28.6 Å². The van der Waals surface area contributed by atoms with Crippen LogP contribution in [0, 0.1) is 0 Å². The minimum Gasteiger partial charge on any atom is -0.462 e. The predicted molar refractivity (Wildman–Crippen MR) is 247 cm³/mol. The molecule has 0 aromatic heterocycles. The molecule has 6 nitrogen and oxygen atoms in total. The highest BCUT2D eigenvalue weighted by atomic mass is 16.6. The molecule has 6 heteroatoms. The van der Waals surface area contributed by atoms with Gasteiger partial charge in [-0.05, 0) is 51.4 Å². The number of carbonyl (C=O) groups is 3. The Hall–Kier alpha value is -2.37. The van der Waals surface area contributed by atoms with Crippen LogP contribution < -0.4 is 0 Å². The van der Waals surface area contributed by atoms with E-state index in [9.17, 15) is 14.4 Å². The first-order chi connectivity index (χ1) is 28.5. The van der Waals surface area contributed by atoms with E-state index in [-0.39, 0.29) is 31.1 Å². The van der Waals surface area contributed by atoms with Crippen molar-refractivity contribution in [2.75, 3.05) is 13.2 Å². The number of esters is 3. The average Bonchev–Trinajstić information content (AvgIpc) is 3.22. The van der Waals surface area contributed by atoms with E-state index < -0.39 is 6.10 Å². The first-order valence-corrected chi connectivity index (χ1v) is 25.0. The summed E-state index contributed by atoms with van der Waals surface area (Å²) in [6.45, 7) is 6.51. The minimum absolute atomic E-state index is 0.0800. The van der Waals surface area contributed by atoms with Crippen LogP contribution in [0.1, 0.15) is 258 Å². The summed E-state index contributed by atoms with van der Waals surface area (Å²) < 4.78 is 16.7. The van der Waals surface area contributed by atoms with Crippen LogP contribution >= 0.6 is 0 Å². The van der Waals surface area contributed by atoms with E-state index in [1.807, 2.05) is 0 Å². The van der Waals surface area contributed by atoms with Gasteiger partial charge in [0.2, 0.25) is 0 Å². The number of unbranched alkanes of at least 4 members (excludes halogenated alkanes) is 28. The van der Waals surface area contributed by atoms with E-state index in [0.29, 0.717) is 19.3 Å². The molecule has 1 unspecified atom stereocenters. The molecule has 0 fully saturated rings. The maximum absolute atomic E-state index is 12.8. The number of carbonyl (C=O) groups excluding carboxylic acids is 3. The van der Waals surface area contributed by atoms with Gasteiger partial charge in [0.05, 0.1) is 0 Å². The van der Waals surface area contributed by atoms with E-state index in [1.165, 1.54) is 141 Å². The zero-order chi connectivity index (χ0) is 42.3. The lowest BCUT2D eigenvalue weighted by Crippen LogP contribution is -2.30. The van der Waals surface area contributed by atoms with Crippen molar-refractivity contribution in [3.05, 3.63) is 36.5 Å². The van der Waals surface area contributed by atoms with Gasteiger partial charge in [0.25, 0.3) is 0 Å². The van der Waals surface area contributed by atoms with Gasteiger partial charge >= 0.3 is 17.9 Å². The highest BCUT2D eigenvalue weighted by molar-refractivity contribution is 5.71. The number of rotatable bonds is 45. The number of ether oxygens (including phenoxy) is 3. The average molecular weight is 815 g/mol. The number of hydrogen-bond donors (Lipinski definition) is 0. The summed E-state index contributed by atoms with van der Waals surface area (Å²) in [7, 11) is 0. The molecule has 0 aliphatic carbocycles. The Morgan fingerprint density at radius 1 is 0.362 bits per heavy atom. The molecule has 338 valence electrons. The van der Waals surface area contributed by atoms with Crippen molar-refractivity contribution in [2.24, 2.45) is 0 Å². The molecule has 0 spiro atoms. The Bertz CT molecular complexity index is 984. The molecule has 1 atom stereocenters. The van der Waals surface area contributed by atoms with Gasteiger partial charge < -0.3 is 14.2 Å². The fourth-order valence-electron chi connectivity index (χ4n) is 7.16. The molecule has 0 radical (unpaired) electrons. The van der Waals surface area contributed by atoms with Gasteiger partial charge in [-0.15, -0.1) is 0 Å². The lowest BCUT2D eigenvalue weighted by Gasteiger charge is -2.18. The Labute approximate surface area is 359 Å². The van der Waals surface area contributed by atoms with E-state index >= 15 is 0 Å². The predicted octanol–water partition coefficient (Wildman–Crippen LogP) is 16.1. The van der Waals surface area contributed by atoms with Crippen LogP contribution in [0.15, 0.2) is 36.5 Å². The molecule has 58 heavy (non-hydrogen) atoms. The second-order valence-electron chi connectivity index (χ2n) is 16.7. The van der Waals surface area contributed by atoms with Crippen molar-refractivity contribution in [1.29, 1.82) is 0 Å². The Morgan fingerprint density at radius 2 is 0.672 bits per heavy atom. The number of hydrogen-bond acceptors (Lipinski definition) is 6. The third-order valence-electron chi connectivity index (χ3n) is 10.9. The van der Waals surface area contributed by atoms with Crippen LogP contribution in [0.4, 0.5) is 0 Å². The summed E-state index contributed by atoms with van der Waals surface area (Å²) in [5, 5.41) is 0. The topological polar surface area (TPSA) is 78.9 Å². The molecule has 0 aromatic rings. The third kappa shape index (κ3) is 44.7. The van der Waals surface area contributed by atoms with Gasteiger partial charge in [-0.1, -0.05) is 224 Å². The van der Waals surface area contributed by atoms with Crippen LogP contribution in [-0.4, -0.2) is 37.2 Å². The highest BCUT2D eigenvalue weighted by Crippen LogP contribution is 2.16. The van der Waals surface area contributed by atoms with Crippen LogP contribution in [0.5, 0.6) is 0 Å². The van der Waals surface area contributed by atoms with Crippen LogP contribution in [-0.2, 0) is 28.6 Å². The standard InChI is InChI=1S/C52H94O6/c1-4-7-10-13-16-19-22-25-27-30-33-36-39-42-45-51(54)57-48-49(47-56-50(53)44-41-38-35-32-29-24-21-18-15-12-9-6-3)58-52(55)46-43-40-37-34-31-28-26-23-20-17-14-11-8-5-2/h9,12,18,21,29,32,49H,4-8,10-11,13-17,19-20,22-28,30-31,33-48H2,1-3H3/b12-9-,21-18-,32-29-. The van der Waals surface area contributed by atoms with Crippen molar-refractivity contribution in [1.82, 2.24) is 0 Å². The third-order valence-corrected chi connectivity index (χ3v) is 10.9. The lowest BCUT2D eigenvalue weighted by atomic mass is 10.0. The molecule has 0 aliphatic heterocycles. The van der Waals surface area contributed by atoms with Crippen molar-refractivity contribution in [2.45, 2.75) is 264 Å². The molecule has 0 aromatic carbocycles. The molecular formula is C52H94O6. The van der Waals surface area contributed by atoms with Gasteiger partial charge in [0.1, 0.15) is 13.2 Å². The van der Waals surface area contributed by atoms with Crippen molar-refractivity contribution >= 4 is 17.9 Å². The van der Waals surface area contributed by atoms with Gasteiger partial charge in [0.15, 0.2) is 6.10 Å². The molecule has 0 N–H and O–H groups in total. The lowest BCUT2D eigenvalue weighted by molar-refractivity contribution is -0.167. The normalized spacial score (nSPS) is 12.3. The van der Waals surface area contributed by atoms with Gasteiger partial charge in [-0.2, -0.15) is 0 Å². The molecule has 0 heterocycles. The second-order valence-corrected chi connectivity index (χ2v) is 16.7. The van der Waals surface area contributed by atoms with Crippen molar-refractivity contribution in [3.8, 4) is 0 Å². The Balaban J connectivity index is 4.38. The maximum Gasteiger partial charge on any atom is 0.306 e. The molecule has 0 bridgehead atoms. The summed E-state index contributed by atoms with van der Waals surface area (Å²) in [6, 6.07) is 0. The SMILES string of the molecule is CC/C=C\C/C=C\C/C=C\CCCCC(=O)OCC(COC(=O)CCCCCCCCCCCCCCCC)OC(=O)CCCCCCCCCCCCCCCC. The second kappa shape index (κ2) is 47.3. The summed E-state index contributed by atoms with van der Waals surface area (Å²) in [5.74, 6) is -0.911. The quantitative estimate of drug-likeness (QED) is 0.0264. The van der Waals surface area contributed by atoms with Gasteiger partial charge in [-0.3, -0.25) is 14.4 Å². The van der Waals surface area contributed by atoms with Crippen LogP contribution in [0.25, 0.3) is 0 Å². The summed E-state index contributed by atoms with van der Waals surface area (Å²) in [5.41, 5.74) is 0. The van der Waals surface area contributed by atoms with E-state index in [4.69, 9.17) is 14.2 Å².